The van der Waals surface area contributed by atoms with Crippen molar-refractivity contribution in [2.45, 2.75) is 13.8 Å². The molecule has 29 heavy (non-hydrogen) atoms. The minimum absolute atomic E-state index is 0.0251. The Morgan fingerprint density at radius 3 is 2.17 bits per heavy atom. The highest BCUT2D eigenvalue weighted by atomic mass is 16.5. The molecule has 1 N–H and O–H groups in total. The van der Waals surface area contributed by atoms with E-state index >= 15 is 0 Å². The third kappa shape index (κ3) is 5.52. The second-order valence-corrected chi connectivity index (χ2v) is 6.57. The lowest BCUT2D eigenvalue weighted by atomic mass is 10.1. The summed E-state index contributed by atoms with van der Waals surface area (Å²) in [5.41, 5.74) is 0.455. The van der Waals surface area contributed by atoms with Gasteiger partial charge in [0.15, 0.2) is 0 Å². The SMILES string of the molecule is CCN(CC)C(=O)CNC(=O)N1CCN(C(=O)c2ccc(OC)cc2OC)CC1. The second-order valence-electron chi connectivity index (χ2n) is 6.57. The lowest BCUT2D eigenvalue weighted by molar-refractivity contribution is -0.129. The van der Waals surface area contributed by atoms with E-state index in [1.807, 2.05) is 13.8 Å². The number of nitrogens with zero attached hydrogens (tertiary/aromatic N) is 3. The minimum Gasteiger partial charge on any atom is -0.497 e. The lowest BCUT2D eigenvalue weighted by Gasteiger charge is -2.35. The van der Waals surface area contributed by atoms with Crippen LogP contribution in [0.15, 0.2) is 18.2 Å². The van der Waals surface area contributed by atoms with E-state index in [1.165, 1.54) is 7.11 Å². The molecule has 0 radical (unpaired) electrons. The summed E-state index contributed by atoms with van der Waals surface area (Å²) >= 11 is 0. The molecule has 9 nitrogen and oxygen atoms in total. The molecule has 160 valence electrons. The number of nitrogens with one attached hydrogen (secondary N) is 1. The van der Waals surface area contributed by atoms with Crippen LogP contribution in [0.1, 0.15) is 24.2 Å². The average Bonchev–Trinajstić information content (AvgIpc) is 2.77. The maximum atomic E-state index is 12.8. The number of ether oxygens (including phenoxy) is 2. The van der Waals surface area contributed by atoms with Crippen molar-refractivity contribution in [1.29, 1.82) is 0 Å². The quantitative estimate of drug-likeness (QED) is 0.731. The summed E-state index contributed by atoms with van der Waals surface area (Å²) in [6.07, 6.45) is 0. The van der Waals surface area contributed by atoms with Gasteiger partial charge in [0.05, 0.1) is 26.3 Å². The maximum absolute atomic E-state index is 12.8. The van der Waals surface area contributed by atoms with Crippen LogP contribution in [0.25, 0.3) is 0 Å². The molecule has 1 fully saturated rings. The van der Waals surface area contributed by atoms with Crippen LogP contribution >= 0.6 is 0 Å². The van der Waals surface area contributed by atoms with Crippen LogP contribution < -0.4 is 14.8 Å². The molecular weight excluding hydrogens is 376 g/mol. The van der Waals surface area contributed by atoms with Gasteiger partial charge in [-0.2, -0.15) is 0 Å². The van der Waals surface area contributed by atoms with Crippen molar-refractivity contribution in [3.63, 3.8) is 0 Å². The molecule has 1 aromatic rings. The summed E-state index contributed by atoms with van der Waals surface area (Å²) in [6.45, 7) is 6.61. The van der Waals surface area contributed by atoms with E-state index in [4.69, 9.17) is 9.47 Å². The van der Waals surface area contributed by atoms with E-state index in [0.717, 1.165) is 0 Å². The van der Waals surface area contributed by atoms with E-state index in [-0.39, 0.29) is 24.4 Å². The number of likely N-dealkylation sites (N-methyl/N-ethyl adjacent to an activating group) is 1. The molecule has 1 heterocycles. The molecule has 0 bridgehead atoms. The Morgan fingerprint density at radius 1 is 1.00 bits per heavy atom. The Bertz CT molecular complexity index is 728. The van der Waals surface area contributed by atoms with E-state index < -0.39 is 0 Å². The summed E-state index contributed by atoms with van der Waals surface area (Å²) in [5.74, 6) is 0.800. The highest BCUT2D eigenvalue weighted by Gasteiger charge is 2.27. The number of piperazine rings is 1. The Morgan fingerprint density at radius 2 is 1.62 bits per heavy atom. The Kier molecular flexibility index (Phi) is 8.11. The van der Waals surface area contributed by atoms with Crippen LogP contribution in [-0.4, -0.2) is 92.6 Å². The Hall–Kier alpha value is -2.97. The largest absolute Gasteiger partial charge is 0.497 e. The molecule has 2 rings (SSSR count). The molecule has 1 aromatic carbocycles. The Labute approximate surface area is 171 Å². The van der Waals surface area contributed by atoms with Crippen molar-refractivity contribution in [3.05, 3.63) is 23.8 Å². The molecule has 0 atom stereocenters. The molecule has 0 spiro atoms. The number of urea groups is 1. The van der Waals surface area contributed by atoms with Crippen LogP contribution in [0.4, 0.5) is 4.79 Å². The zero-order valence-electron chi connectivity index (χ0n) is 17.6. The summed E-state index contributed by atoms with van der Waals surface area (Å²) in [4.78, 5) is 42.2. The first kappa shape index (κ1) is 22.3. The van der Waals surface area contributed by atoms with Crippen LogP contribution in [0.2, 0.25) is 0 Å². The number of carbonyl (C=O) groups is 3. The third-order valence-electron chi connectivity index (χ3n) is 5.00. The monoisotopic (exact) mass is 406 g/mol. The first-order valence-electron chi connectivity index (χ1n) is 9.76. The topological polar surface area (TPSA) is 91.4 Å². The van der Waals surface area contributed by atoms with Gasteiger partial charge in [-0.3, -0.25) is 9.59 Å². The van der Waals surface area contributed by atoms with Crippen molar-refractivity contribution in [2.75, 3.05) is 60.0 Å². The van der Waals surface area contributed by atoms with Crippen LogP contribution in [-0.2, 0) is 4.79 Å². The van der Waals surface area contributed by atoms with Gasteiger partial charge in [-0.05, 0) is 26.0 Å². The maximum Gasteiger partial charge on any atom is 0.317 e. The molecule has 9 heteroatoms. The normalized spacial score (nSPS) is 13.7. The van der Waals surface area contributed by atoms with Gasteiger partial charge in [-0.1, -0.05) is 0 Å². The van der Waals surface area contributed by atoms with Crippen molar-refractivity contribution in [3.8, 4) is 11.5 Å². The van der Waals surface area contributed by atoms with Crippen LogP contribution in [0.5, 0.6) is 11.5 Å². The summed E-state index contributed by atoms with van der Waals surface area (Å²) < 4.78 is 10.5. The van der Waals surface area contributed by atoms with Gasteiger partial charge in [-0.15, -0.1) is 0 Å². The number of hydrogen-bond acceptors (Lipinski definition) is 5. The fraction of sp³-hybridized carbons (Fsp3) is 0.550. The van der Waals surface area contributed by atoms with Gasteiger partial charge < -0.3 is 29.5 Å². The predicted octanol–water partition coefficient (Wildman–Crippen LogP) is 1.04. The van der Waals surface area contributed by atoms with Gasteiger partial charge in [0.2, 0.25) is 5.91 Å². The molecule has 1 aliphatic rings. The predicted molar refractivity (Wildman–Crippen MR) is 108 cm³/mol. The van der Waals surface area contributed by atoms with Gasteiger partial charge in [-0.25, -0.2) is 4.79 Å². The number of hydrogen-bond donors (Lipinski definition) is 1. The number of amides is 4. The van der Waals surface area contributed by atoms with Gasteiger partial charge >= 0.3 is 6.03 Å². The molecule has 0 aliphatic carbocycles. The molecule has 1 aliphatic heterocycles. The molecule has 0 aromatic heterocycles. The summed E-state index contributed by atoms with van der Waals surface area (Å²) in [6, 6.07) is 4.77. The van der Waals surface area contributed by atoms with E-state index in [2.05, 4.69) is 5.32 Å². The first-order chi connectivity index (χ1) is 13.9. The average molecular weight is 406 g/mol. The summed E-state index contributed by atoms with van der Waals surface area (Å²) in [7, 11) is 3.06. The van der Waals surface area contributed by atoms with Crippen molar-refractivity contribution < 1.29 is 23.9 Å². The van der Waals surface area contributed by atoms with Crippen molar-refractivity contribution >= 4 is 17.8 Å². The number of carbonyl (C=O) groups excluding carboxylic acids is 3. The van der Waals surface area contributed by atoms with Crippen molar-refractivity contribution in [2.24, 2.45) is 0 Å². The van der Waals surface area contributed by atoms with Gasteiger partial charge in [0.1, 0.15) is 11.5 Å². The molecular formula is C20H30N4O5. The van der Waals surface area contributed by atoms with Crippen LogP contribution in [0, 0.1) is 0 Å². The standard InChI is InChI=1S/C20H30N4O5/c1-5-22(6-2)18(25)14-21-20(27)24-11-9-23(10-12-24)19(26)16-8-7-15(28-3)13-17(16)29-4/h7-8,13H,5-6,9-12,14H2,1-4H3,(H,21,27). The fourth-order valence-electron chi connectivity index (χ4n) is 3.21. The number of benzene rings is 1. The zero-order chi connectivity index (χ0) is 21.4. The minimum atomic E-state index is -0.292. The molecule has 0 unspecified atom stereocenters. The fourth-order valence-corrected chi connectivity index (χ4v) is 3.21. The summed E-state index contributed by atoms with van der Waals surface area (Å²) in [5, 5.41) is 2.67. The highest BCUT2D eigenvalue weighted by molar-refractivity contribution is 5.97. The van der Waals surface area contributed by atoms with Gasteiger partial charge in [0, 0.05) is 45.3 Å². The number of methoxy groups -OCH3 is 2. The first-order valence-corrected chi connectivity index (χ1v) is 9.76. The van der Waals surface area contributed by atoms with E-state index in [9.17, 15) is 14.4 Å². The van der Waals surface area contributed by atoms with E-state index in [0.29, 0.717) is 56.3 Å². The smallest absolute Gasteiger partial charge is 0.317 e. The van der Waals surface area contributed by atoms with Gasteiger partial charge in [0.25, 0.3) is 5.91 Å². The second kappa shape index (κ2) is 10.5. The Balaban J connectivity index is 1.89. The van der Waals surface area contributed by atoms with Crippen molar-refractivity contribution in [1.82, 2.24) is 20.0 Å². The highest BCUT2D eigenvalue weighted by Crippen LogP contribution is 2.26. The number of rotatable bonds is 7. The zero-order valence-corrected chi connectivity index (χ0v) is 17.6. The van der Waals surface area contributed by atoms with E-state index in [1.54, 1.807) is 40.0 Å². The molecule has 1 saturated heterocycles. The lowest BCUT2D eigenvalue weighted by Crippen LogP contribution is -2.54. The molecule has 4 amide bonds. The van der Waals surface area contributed by atoms with Crippen LogP contribution in [0.3, 0.4) is 0 Å². The third-order valence-corrected chi connectivity index (χ3v) is 5.00. The molecule has 0 saturated carbocycles.